The first-order chi connectivity index (χ1) is 7.04. The van der Waals surface area contributed by atoms with Gasteiger partial charge in [-0.3, -0.25) is 4.79 Å². The molecule has 1 N–H and O–H groups in total. The molecule has 0 aliphatic carbocycles. The molecular weight excluding hydrogens is 192 g/mol. The molecule has 0 fully saturated rings. The Morgan fingerprint density at radius 3 is 2.67 bits per heavy atom. The number of carbonyl (C=O) groups is 1. The molecule has 0 aliphatic heterocycles. The third-order valence-corrected chi connectivity index (χ3v) is 2.32. The molecule has 1 amide bonds. The second kappa shape index (κ2) is 4.96. The molecule has 0 aliphatic rings. The van der Waals surface area contributed by atoms with Crippen molar-refractivity contribution in [3.8, 4) is 0 Å². The van der Waals surface area contributed by atoms with E-state index in [2.05, 4.69) is 10.5 Å². The van der Waals surface area contributed by atoms with Crippen molar-refractivity contribution in [1.82, 2.24) is 10.5 Å². The van der Waals surface area contributed by atoms with Crippen molar-refractivity contribution in [2.45, 2.75) is 46.1 Å². The van der Waals surface area contributed by atoms with E-state index in [9.17, 15) is 4.79 Å². The first-order valence-electron chi connectivity index (χ1n) is 5.32. The van der Waals surface area contributed by atoms with E-state index in [1.807, 2.05) is 27.7 Å². The van der Waals surface area contributed by atoms with Gasteiger partial charge >= 0.3 is 0 Å². The Morgan fingerprint density at radius 1 is 1.53 bits per heavy atom. The van der Waals surface area contributed by atoms with Crippen LogP contribution < -0.4 is 5.32 Å². The largest absolute Gasteiger partial charge is 0.360 e. The maximum Gasteiger partial charge on any atom is 0.273 e. The van der Waals surface area contributed by atoms with Gasteiger partial charge in [0.05, 0.1) is 0 Å². The molecule has 1 rings (SSSR count). The van der Waals surface area contributed by atoms with Crippen LogP contribution in [-0.2, 0) is 0 Å². The minimum Gasteiger partial charge on any atom is -0.360 e. The van der Waals surface area contributed by atoms with Crippen LogP contribution in [0.4, 0.5) is 0 Å². The predicted molar refractivity (Wildman–Crippen MR) is 57.8 cm³/mol. The summed E-state index contributed by atoms with van der Waals surface area (Å²) >= 11 is 0. The summed E-state index contributed by atoms with van der Waals surface area (Å²) in [5.41, 5.74) is 0.360. The monoisotopic (exact) mass is 210 g/mol. The van der Waals surface area contributed by atoms with Gasteiger partial charge in [-0.15, -0.1) is 0 Å². The highest BCUT2D eigenvalue weighted by atomic mass is 16.5. The van der Waals surface area contributed by atoms with Crippen LogP contribution in [-0.4, -0.2) is 17.1 Å². The second-order valence-corrected chi connectivity index (χ2v) is 4.05. The zero-order chi connectivity index (χ0) is 11.4. The summed E-state index contributed by atoms with van der Waals surface area (Å²) in [5, 5.41) is 6.57. The van der Waals surface area contributed by atoms with Crippen molar-refractivity contribution in [2.24, 2.45) is 0 Å². The number of aromatic nitrogens is 1. The predicted octanol–water partition coefficient (Wildman–Crippen LogP) is 2.33. The number of nitrogens with zero attached hydrogens (tertiary/aromatic N) is 1. The molecule has 0 saturated carbocycles. The highest BCUT2D eigenvalue weighted by Crippen LogP contribution is 2.14. The third kappa shape index (κ3) is 3.08. The van der Waals surface area contributed by atoms with Crippen LogP contribution in [0.15, 0.2) is 10.6 Å². The average molecular weight is 210 g/mol. The second-order valence-electron chi connectivity index (χ2n) is 4.05. The van der Waals surface area contributed by atoms with Crippen molar-refractivity contribution in [2.75, 3.05) is 0 Å². The summed E-state index contributed by atoms with van der Waals surface area (Å²) in [4.78, 5) is 11.6. The van der Waals surface area contributed by atoms with E-state index < -0.39 is 0 Å². The molecule has 0 radical (unpaired) electrons. The summed E-state index contributed by atoms with van der Waals surface area (Å²) in [6.45, 7) is 7.97. The van der Waals surface area contributed by atoms with E-state index in [1.165, 1.54) is 0 Å². The Hall–Kier alpha value is -1.32. The minimum atomic E-state index is -0.167. The zero-order valence-corrected chi connectivity index (χ0v) is 9.70. The van der Waals surface area contributed by atoms with Crippen LogP contribution in [0.25, 0.3) is 0 Å². The fraction of sp³-hybridized carbons (Fsp3) is 0.636. The average Bonchev–Trinajstić information content (AvgIpc) is 2.66. The maximum absolute atomic E-state index is 11.6. The Labute approximate surface area is 90.0 Å². The standard InChI is InChI=1S/C11H18N2O2/c1-5-8(4)12-11(14)9-6-10(7(2)3)15-13-9/h6-8H,5H2,1-4H3,(H,12,14)/t8-/m0/s1. The zero-order valence-electron chi connectivity index (χ0n) is 9.70. The molecule has 84 valence electrons. The first-order valence-corrected chi connectivity index (χ1v) is 5.32. The lowest BCUT2D eigenvalue weighted by molar-refractivity contribution is 0.0930. The smallest absolute Gasteiger partial charge is 0.273 e. The maximum atomic E-state index is 11.6. The molecule has 15 heavy (non-hydrogen) atoms. The van der Waals surface area contributed by atoms with Gasteiger partial charge in [-0.1, -0.05) is 25.9 Å². The van der Waals surface area contributed by atoms with Crippen molar-refractivity contribution < 1.29 is 9.32 Å². The van der Waals surface area contributed by atoms with Gasteiger partial charge in [-0.2, -0.15) is 0 Å². The van der Waals surface area contributed by atoms with Gasteiger partial charge < -0.3 is 9.84 Å². The van der Waals surface area contributed by atoms with Gasteiger partial charge in [0, 0.05) is 18.0 Å². The Bertz CT molecular complexity index is 331. The summed E-state index contributed by atoms with van der Waals surface area (Å²) in [6, 6.07) is 1.86. The molecule has 1 atom stereocenters. The van der Waals surface area contributed by atoms with Gasteiger partial charge in [0.15, 0.2) is 5.69 Å². The van der Waals surface area contributed by atoms with E-state index in [-0.39, 0.29) is 17.9 Å². The molecule has 0 bridgehead atoms. The van der Waals surface area contributed by atoms with Crippen LogP contribution in [0, 0.1) is 0 Å². The van der Waals surface area contributed by atoms with Gasteiger partial charge in [0.1, 0.15) is 5.76 Å². The Morgan fingerprint density at radius 2 is 2.20 bits per heavy atom. The first kappa shape index (κ1) is 11.8. The quantitative estimate of drug-likeness (QED) is 0.829. The molecular formula is C11H18N2O2. The Kier molecular flexibility index (Phi) is 3.88. The van der Waals surface area contributed by atoms with E-state index in [0.717, 1.165) is 12.2 Å². The van der Waals surface area contributed by atoms with Crippen LogP contribution in [0.3, 0.4) is 0 Å². The topological polar surface area (TPSA) is 55.1 Å². The highest BCUT2D eigenvalue weighted by Gasteiger charge is 2.15. The molecule has 1 heterocycles. The van der Waals surface area contributed by atoms with Crippen molar-refractivity contribution in [3.63, 3.8) is 0 Å². The molecule has 1 aromatic heterocycles. The lowest BCUT2D eigenvalue weighted by atomic mass is 10.1. The van der Waals surface area contributed by atoms with Crippen LogP contribution >= 0.6 is 0 Å². The summed E-state index contributed by atoms with van der Waals surface area (Å²) in [7, 11) is 0. The Balaban J connectivity index is 2.66. The van der Waals surface area contributed by atoms with E-state index in [1.54, 1.807) is 6.07 Å². The number of rotatable bonds is 4. The fourth-order valence-corrected chi connectivity index (χ4v) is 1.07. The van der Waals surface area contributed by atoms with Gasteiger partial charge in [-0.05, 0) is 13.3 Å². The van der Waals surface area contributed by atoms with Crippen LogP contribution in [0.1, 0.15) is 56.3 Å². The van der Waals surface area contributed by atoms with Crippen LogP contribution in [0.5, 0.6) is 0 Å². The molecule has 0 saturated heterocycles. The summed E-state index contributed by atoms with van der Waals surface area (Å²) < 4.78 is 5.05. The van der Waals surface area contributed by atoms with E-state index >= 15 is 0 Å². The molecule has 0 spiro atoms. The number of hydrogen-bond acceptors (Lipinski definition) is 3. The lowest BCUT2D eigenvalue weighted by Crippen LogP contribution is -2.32. The fourth-order valence-electron chi connectivity index (χ4n) is 1.07. The minimum absolute atomic E-state index is 0.164. The number of hydrogen-bond donors (Lipinski definition) is 1. The molecule has 4 nitrogen and oxygen atoms in total. The van der Waals surface area contributed by atoms with Crippen molar-refractivity contribution >= 4 is 5.91 Å². The normalized spacial score (nSPS) is 12.9. The number of carbonyl (C=O) groups excluding carboxylic acids is 1. The molecule has 0 unspecified atom stereocenters. The SMILES string of the molecule is CC[C@H](C)NC(=O)c1cc(C(C)C)on1. The van der Waals surface area contributed by atoms with Gasteiger partial charge in [0.25, 0.3) is 5.91 Å². The van der Waals surface area contributed by atoms with E-state index in [4.69, 9.17) is 4.52 Å². The van der Waals surface area contributed by atoms with Crippen LogP contribution in [0.2, 0.25) is 0 Å². The number of amides is 1. The highest BCUT2D eigenvalue weighted by molar-refractivity contribution is 5.92. The summed E-state index contributed by atoms with van der Waals surface area (Å²) in [5.74, 6) is 0.826. The lowest BCUT2D eigenvalue weighted by Gasteiger charge is -2.08. The van der Waals surface area contributed by atoms with E-state index in [0.29, 0.717) is 5.69 Å². The van der Waals surface area contributed by atoms with Gasteiger partial charge in [-0.25, -0.2) is 0 Å². The summed E-state index contributed by atoms with van der Waals surface area (Å²) in [6.07, 6.45) is 0.903. The van der Waals surface area contributed by atoms with Crippen molar-refractivity contribution in [1.29, 1.82) is 0 Å². The molecule has 4 heteroatoms. The van der Waals surface area contributed by atoms with Crippen molar-refractivity contribution in [3.05, 3.63) is 17.5 Å². The third-order valence-electron chi connectivity index (χ3n) is 2.32. The van der Waals surface area contributed by atoms with Gasteiger partial charge in [0.2, 0.25) is 0 Å². The number of nitrogens with one attached hydrogen (secondary N) is 1. The molecule has 0 aromatic carbocycles. The molecule has 1 aromatic rings.